The normalized spacial score (nSPS) is 22.8. The Labute approximate surface area is 140 Å². The van der Waals surface area contributed by atoms with Crippen LogP contribution in [-0.4, -0.2) is 19.0 Å². The number of nitrogens with one attached hydrogen (secondary N) is 2. The summed E-state index contributed by atoms with van der Waals surface area (Å²) in [5, 5.41) is 6.49. The van der Waals surface area contributed by atoms with E-state index in [1.807, 2.05) is 0 Å². The number of benzene rings is 1. The van der Waals surface area contributed by atoms with E-state index in [0.29, 0.717) is 0 Å². The molecule has 1 amide bonds. The van der Waals surface area contributed by atoms with Gasteiger partial charge in [-0.3, -0.25) is 4.79 Å². The quantitative estimate of drug-likeness (QED) is 0.646. The highest BCUT2D eigenvalue weighted by molar-refractivity contribution is 5.47. The van der Waals surface area contributed by atoms with Gasteiger partial charge in [-0.05, 0) is 42.9 Å². The van der Waals surface area contributed by atoms with Gasteiger partial charge in [-0.15, -0.1) is 0 Å². The lowest BCUT2D eigenvalue weighted by Gasteiger charge is -2.33. The molecule has 0 aliphatic carbocycles. The minimum absolute atomic E-state index is 0.0924. The number of hydrogen-bond acceptors (Lipinski definition) is 3. The fourth-order valence-corrected chi connectivity index (χ4v) is 3.40. The molecule has 0 saturated carbocycles. The Morgan fingerprint density at radius 2 is 2.22 bits per heavy atom. The number of rotatable bonds is 8. The van der Waals surface area contributed by atoms with E-state index >= 15 is 0 Å². The zero-order valence-electron chi connectivity index (χ0n) is 14.4. The Balaban J connectivity index is 2.04. The summed E-state index contributed by atoms with van der Waals surface area (Å²) in [6, 6.07) is 8.98. The van der Waals surface area contributed by atoms with Crippen molar-refractivity contribution < 1.29 is 4.79 Å². The molecule has 3 atom stereocenters. The Morgan fingerprint density at radius 3 is 2.96 bits per heavy atom. The van der Waals surface area contributed by atoms with Gasteiger partial charge in [0.25, 0.3) is 0 Å². The van der Waals surface area contributed by atoms with Gasteiger partial charge in [0, 0.05) is 12.1 Å². The molecule has 128 valence electrons. The second-order valence-electron chi connectivity index (χ2n) is 7.07. The highest BCUT2D eigenvalue weighted by Gasteiger charge is 2.26. The average Bonchev–Trinajstić information content (AvgIpc) is 2.55. The maximum absolute atomic E-state index is 10.8. The average molecular weight is 317 g/mol. The van der Waals surface area contributed by atoms with Gasteiger partial charge < -0.3 is 16.4 Å². The number of piperidine rings is 1. The maximum Gasteiger partial charge on any atom is 0.207 e. The molecular formula is C19H31N3O. The lowest BCUT2D eigenvalue weighted by Crippen LogP contribution is -2.45. The Bertz CT molecular complexity index is 489. The van der Waals surface area contributed by atoms with Crippen LogP contribution in [0.5, 0.6) is 0 Å². The molecular weight excluding hydrogens is 286 g/mol. The minimum Gasteiger partial charge on any atom is -0.354 e. The Morgan fingerprint density at radius 1 is 1.39 bits per heavy atom. The molecule has 0 spiro atoms. The molecule has 0 radical (unpaired) electrons. The third kappa shape index (κ3) is 5.33. The summed E-state index contributed by atoms with van der Waals surface area (Å²) in [6.07, 6.45) is 6.34. The zero-order chi connectivity index (χ0) is 16.7. The predicted octanol–water partition coefficient (Wildman–Crippen LogP) is 3.05. The molecule has 1 heterocycles. The van der Waals surface area contributed by atoms with Crippen LogP contribution in [0.1, 0.15) is 69.2 Å². The third-order valence-electron chi connectivity index (χ3n) is 4.74. The fraction of sp³-hybridized carbons (Fsp3) is 0.632. The van der Waals surface area contributed by atoms with E-state index in [0.717, 1.165) is 38.1 Å². The number of nitrogens with two attached hydrogens (primary N) is 1. The predicted molar refractivity (Wildman–Crippen MR) is 95.0 cm³/mol. The van der Waals surface area contributed by atoms with Gasteiger partial charge in [0.2, 0.25) is 6.41 Å². The van der Waals surface area contributed by atoms with Crippen LogP contribution in [0.3, 0.4) is 0 Å². The second-order valence-corrected chi connectivity index (χ2v) is 7.07. The molecule has 1 aliphatic rings. The summed E-state index contributed by atoms with van der Waals surface area (Å²) in [5.41, 5.74) is 8.80. The van der Waals surface area contributed by atoms with Gasteiger partial charge in [0.05, 0.1) is 6.04 Å². The molecule has 2 rings (SSSR count). The number of hydrogen-bond donors (Lipinski definition) is 3. The fourth-order valence-electron chi connectivity index (χ4n) is 3.40. The molecule has 1 aliphatic heterocycles. The topological polar surface area (TPSA) is 67.2 Å². The second kappa shape index (κ2) is 9.04. The van der Waals surface area contributed by atoms with Crippen LogP contribution in [-0.2, 0) is 4.79 Å². The molecule has 4 heteroatoms. The summed E-state index contributed by atoms with van der Waals surface area (Å²) in [6.45, 7) is 5.49. The first-order valence-corrected chi connectivity index (χ1v) is 8.90. The standard InChI is InChI=1S/C19H31N3O/c1-14(2)6-3-9-17(20)15-7-4-8-16(12-15)19-18(22-13-23)10-5-11-21-19/h4,7-8,12-14,17-19,21H,3,5-6,9-11,20H2,1-2H3,(H,22,23). The number of carbonyl (C=O) groups is 1. The van der Waals surface area contributed by atoms with E-state index < -0.39 is 0 Å². The van der Waals surface area contributed by atoms with Crippen molar-refractivity contribution in [3.05, 3.63) is 35.4 Å². The number of carbonyl (C=O) groups excluding carboxylic acids is 1. The van der Waals surface area contributed by atoms with Crippen molar-refractivity contribution >= 4 is 6.41 Å². The van der Waals surface area contributed by atoms with Crippen LogP contribution in [0.15, 0.2) is 24.3 Å². The van der Waals surface area contributed by atoms with E-state index in [2.05, 4.69) is 48.7 Å². The van der Waals surface area contributed by atoms with E-state index in [9.17, 15) is 4.79 Å². The molecule has 1 saturated heterocycles. The Hall–Kier alpha value is -1.39. The van der Waals surface area contributed by atoms with Crippen molar-refractivity contribution in [2.75, 3.05) is 6.54 Å². The van der Waals surface area contributed by atoms with Crippen LogP contribution in [0.25, 0.3) is 0 Å². The first-order valence-electron chi connectivity index (χ1n) is 8.90. The van der Waals surface area contributed by atoms with Gasteiger partial charge in [0.15, 0.2) is 0 Å². The van der Waals surface area contributed by atoms with Crippen LogP contribution >= 0.6 is 0 Å². The van der Waals surface area contributed by atoms with Crippen molar-refractivity contribution in [2.24, 2.45) is 11.7 Å². The minimum atomic E-state index is 0.0924. The van der Waals surface area contributed by atoms with Crippen LogP contribution in [0.2, 0.25) is 0 Å². The van der Waals surface area contributed by atoms with Crippen LogP contribution < -0.4 is 16.4 Å². The molecule has 1 aromatic carbocycles. The SMILES string of the molecule is CC(C)CCCC(N)c1cccc(C2NCCCC2NC=O)c1. The van der Waals surface area contributed by atoms with Crippen molar-refractivity contribution in [3.8, 4) is 0 Å². The van der Waals surface area contributed by atoms with Crippen molar-refractivity contribution in [2.45, 2.75) is 64.1 Å². The molecule has 23 heavy (non-hydrogen) atoms. The summed E-state index contributed by atoms with van der Waals surface area (Å²) >= 11 is 0. The van der Waals surface area contributed by atoms with Crippen molar-refractivity contribution in [1.29, 1.82) is 0 Å². The molecule has 3 unspecified atom stereocenters. The van der Waals surface area contributed by atoms with Gasteiger partial charge in [0.1, 0.15) is 0 Å². The summed E-state index contributed by atoms with van der Waals surface area (Å²) in [7, 11) is 0. The van der Waals surface area contributed by atoms with Crippen molar-refractivity contribution in [1.82, 2.24) is 10.6 Å². The zero-order valence-corrected chi connectivity index (χ0v) is 14.4. The molecule has 0 bridgehead atoms. The summed E-state index contributed by atoms with van der Waals surface area (Å²) < 4.78 is 0. The van der Waals surface area contributed by atoms with Crippen LogP contribution in [0, 0.1) is 5.92 Å². The first-order chi connectivity index (χ1) is 11.1. The highest BCUT2D eigenvalue weighted by atomic mass is 16.1. The van der Waals surface area contributed by atoms with Gasteiger partial charge in [-0.1, -0.05) is 51.0 Å². The van der Waals surface area contributed by atoms with E-state index in [-0.39, 0.29) is 18.1 Å². The summed E-state index contributed by atoms with van der Waals surface area (Å²) in [4.78, 5) is 10.8. The molecule has 1 fully saturated rings. The van der Waals surface area contributed by atoms with E-state index in [4.69, 9.17) is 5.73 Å². The molecule has 1 aromatic rings. The first kappa shape index (κ1) is 18.0. The van der Waals surface area contributed by atoms with E-state index in [1.165, 1.54) is 24.0 Å². The van der Waals surface area contributed by atoms with Crippen molar-refractivity contribution in [3.63, 3.8) is 0 Å². The van der Waals surface area contributed by atoms with E-state index in [1.54, 1.807) is 0 Å². The molecule has 4 nitrogen and oxygen atoms in total. The monoisotopic (exact) mass is 317 g/mol. The third-order valence-corrected chi connectivity index (χ3v) is 4.74. The van der Waals surface area contributed by atoms with Gasteiger partial charge >= 0.3 is 0 Å². The van der Waals surface area contributed by atoms with Gasteiger partial charge in [-0.2, -0.15) is 0 Å². The molecule has 0 aromatic heterocycles. The van der Waals surface area contributed by atoms with Crippen LogP contribution in [0.4, 0.5) is 0 Å². The highest BCUT2D eigenvalue weighted by Crippen LogP contribution is 2.27. The smallest absolute Gasteiger partial charge is 0.207 e. The largest absolute Gasteiger partial charge is 0.354 e. The summed E-state index contributed by atoms with van der Waals surface area (Å²) in [5.74, 6) is 0.732. The molecule has 4 N–H and O–H groups in total. The lowest BCUT2D eigenvalue weighted by molar-refractivity contribution is -0.110. The lowest BCUT2D eigenvalue weighted by atomic mass is 9.90. The Kier molecular flexibility index (Phi) is 7.06. The van der Waals surface area contributed by atoms with Gasteiger partial charge in [-0.25, -0.2) is 0 Å². The number of amides is 1. The maximum atomic E-state index is 10.8.